The van der Waals surface area contributed by atoms with Gasteiger partial charge < -0.3 is 0 Å². The van der Waals surface area contributed by atoms with E-state index in [2.05, 4.69) is 0 Å². The van der Waals surface area contributed by atoms with Crippen molar-refractivity contribution in [3.63, 3.8) is 0 Å². The summed E-state index contributed by atoms with van der Waals surface area (Å²) in [7, 11) is 1.50. The number of rotatable bonds is 1. The average Bonchev–Trinajstić information content (AvgIpc) is 2.69. The van der Waals surface area contributed by atoms with Gasteiger partial charge in [0.2, 0.25) is 0 Å². The molecule has 4 heteroatoms. The van der Waals surface area contributed by atoms with Crippen LogP contribution in [0.1, 0.15) is 26.3 Å². The summed E-state index contributed by atoms with van der Waals surface area (Å²) < 4.78 is 0. The van der Waals surface area contributed by atoms with Crippen molar-refractivity contribution in [3.8, 4) is 0 Å². The highest BCUT2D eigenvalue weighted by molar-refractivity contribution is 8.18. The molecule has 96 valence electrons. The van der Waals surface area contributed by atoms with Crippen LogP contribution in [0, 0.1) is 0 Å². The SMILES string of the molecule is C/C(=C1\SC(=O)N(C)C1=O)c1ccccc1.CC. The van der Waals surface area contributed by atoms with E-state index in [4.69, 9.17) is 0 Å². The Morgan fingerprint density at radius 3 is 2.11 bits per heavy atom. The van der Waals surface area contributed by atoms with Crippen LogP contribution in [0.15, 0.2) is 35.2 Å². The van der Waals surface area contributed by atoms with Crippen molar-refractivity contribution >= 4 is 28.5 Å². The maximum absolute atomic E-state index is 11.8. The highest BCUT2D eigenvalue weighted by Gasteiger charge is 2.33. The average molecular weight is 263 g/mol. The highest BCUT2D eigenvalue weighted by atomic mass is 32.2. The van der Waals surface area contributed by atoms with Gasteiger partial charge in [0.15, 0.2) is 0 Å². The van der Waals surface area contributed by atoms with Crippen molar-refractivity contribution in [2.75, 3.05) is 7.05 Å². The third kappa shape index (κ3) is 2.82. The standard InChI is InChI=1S/C12H11NO2S.C2H6/c1-8(9-6-4-3-5-7-9)10-11(14)13(2)12(15)16-10;1-2/h3-7H,1-2H3;1-2H3/b10-8+;. The third-order valence-electron chi connectivity index (χ3n) is 2.51. The van der Waals surface area contributed by atoms with Crippen molar-refractivity contribution in [2.24, 2.45) is 0 Å². The molecular weight excluding hydrogens is 246 g/mol. The van der Waals surface area contributed by atoms with E-state index in [1.165, 1.54) is 7.05 Å². The lowest BCUT2D eigenvalue weighted by Crippen LogP contribution is -2.22. The van der Waals surface area contributed by atoms with Gasteiger partial charge in [-0.3, -0.25) is 14.5 Å². The largest absolute Gasteiger partial charge is 0.293 e. The minimum atomic E-state index is -0.213. The molecule has 0 spiro atoms. The zero-order chi connectivity index (χ0) is 13.7. The molecule has 2 amide bonds. The first kappa shape index (κ1) is 14.5. The lowest BCUT2D eigenvalue weighted by Gasteiger charge is -2.04. The van der Waals surface area contributed by atoms with E-state index < -0.39 is 0 Å². The zero-order valence-electron chi connectivity index (χ0n) is 11.1. The first-order valence-electron chi connectivity index (χ1n) is 5.87. The lowest BCUT2D eigenvalue weighted by atomic mass is 10.1. The predicted octanol–water partition coefficient (Wildman–Crippen LogP) is 3.77. The van der Waals surface area contributed by atoms with Crippen molar-refractivity contribution < 1.29 is 9.59 Å². The van der Waals surface area contributed by atoms with E-state index in [0.717, 1.165) is 27.8 Å². The van der Waals surface area contributed by atoms with E-state index in [0.29, 0.717) is 4.91 Å². The Morgan fingerprint density at radius 2 is 1.67 bits per heavy atom. The number of allylic oxidation sites excluding steroid dienone is 1. The minimum absolute atomic E-state index is 0.212. The highest BCUT2D eigenvalue weighted by Crippen LogP contribution is 2.35. The number of hydrogen-bond acceptors (Lipinski definition) is 3. The van der Waals surface area contributed by atoms with Crippen molar-refractivity contribution in [1.82, 2.24) is 4.90 Å². The molecule has 1 aliphatic rings. The van der Waals surface area contributed by atoms with Crippen LogP contribution < -0.4 is 0 Å². The Labute approximate surface area is 112 Å². The second-order valence-corrected chi connectivity index (χ2v) is 4.51. The smallest absolute Gasteiger partial charge is 0.272 e. The van der Waals surface area contributed by atoms with Crippen molar-refractivity contribution in [2.45, 2.75) is 20.8 Å². The van der Waals surface area contributed by atoms with Crippen LogP contribution in [0.3, 0.4) is 0 Å². The Kier molecular flexibility index (Phi) is 5.16. The number of thioether (sulfide) groups is 1. The Bertz CT molecular complexity index is 480. The number of likely N-dealkylation sites (N-methyl/N-ethyl adjacent to an activating group) is 1. The number of nitrogens with zero attached hydrogens (tertiary/aromatic N) is 1. The molecule has 1 saturated heterocycles. The van der Waals surface area contributed by atoms with Gasteiger partial charge in [0, 0.05) is 7.05 Å². The maximum Gasteiger partial charge on any atom is 0.293 e. The van der Waals surface area contributed by atoms with Gasteiger partial charge in [0.25, 0.3) is 11.1 Å². The molecule has 1 aromatic carbocycles. The van der Waals surface area contributed by atoms with E-state index in [-0.39, 0.29) is 11.1 Å². The summed E-state index contributed by atoms with van der Waals surface area (Å²) in [4.78, 5) is 24.8. The van der Waals surface area contributed by atoms with Crippen molar-refractivity contribution in [1.29, 1.82) is 0 Å². The molecule has 0 N–H and O–H groups in total. The molecular formula is C14H17NO2S. The summed E-state index contributed by atoms with van der Waals surface area (Å²) in [5, 5.41) is -0.213. The molecule has 0 unspecified atom stereocenters. The van der Waals surface area contributed by atoms with Crippen LogP contribution in [-0.4, -0.2) is 23.1 Å². The third-order valence-corrected chi connectivity index (χ3v) is 3.64. The number of carbonyl (C=O) groups excluding carboxylic acids is 2. The molecule has 0 radical (unpaired) electrons. The Balaban J connectivity index is 0.000000771. The number of hydrogen-bond donors (Lipinski definition) is 0. The van der Waals surface area contributed by atoms with Crippen molar-refractivity contribution in [3.05, 3.63) is 40.8 Å². The maximum atomic E-state index is 11.8. The fraction of sp³-hybridized carbons (Fsp3) is 0.286. The summed E-state index contributed by atoms with van der Waals surface area (Å²) in [6, 6.07) is 9.60. The molecule has 0 bridgehead atoms. The molecule has 0 aliphatic carbocycles. The first-order chi connectivity index (χ1) is 8.61. The molecule has 18 heavy (non-hydrogen) atoms. The summed E-state index contributed by atoms with van der Waals surface area (Å²) in [5.74, 6) is -0.212. The van der Waals surface area contributed by atoms with Gasteiger partial charge in [-0.25, -0.2) is 0 Å². The molecule has 1 aliphatic heterocycles. The summed E-state index contributed by atoms with van der Waals surface area (Å²) >= 11 is 1.00. The molecule has 1 heterocycles. The van der Waals surface area contributed by atoms with Crippen LogP contribution >= 0.6 is 11.8 Å². The van der Waals surface area contributed by atoms with E-state index >= 15 is 0 Å². The monoisotopic (exact) mass is 263 g/mol. The quantitative estimate of drug-likeness (QED) is 0.724. The zero-order valence-corrected chi connectivity index (χ0v) is 11.9. The van der Waals surface area contributed by atoms with Gasteiger partial charge in [0.05, 0.1) is 4.91 Å². The van der Waals surface area contributed by atoms with Gasteiger partial charge in [-0.1, -0.05) is 44.2 Å². The number of amides is 2. The summed E-state index contributed by atoms with van der Waals surface area (Å²) in [6.07, 6.45) is 0. The Hall–Kier alpha value is -1.55. The Morgan fingerprint density at radius 1 is 1.11 bits per heavy atom. The summed E-state index contributed by atoms with van der Waals surface area (Å²) in [5.41, 5.74) is 1.83. The van der Waals surface area contributed by atoms with Crippen LogP contribution in [0.5, 0.6) is 0 Å². The first-order valence-corrected chi connectivity index (χ1v) is 6.69. The lowest BCUT2D eigenvalue weighted by molar-refractivity contribution is -0.121. The van der Waals surface area contributed by atoms with Gasteiger partial charge in [-0.2, -0.15) is 0 Å². The fourth-order valence-electron chi connectivity index (χ4n) is 1.49. The molecule has 1 fully saturated rings. The number of imide groups is 1. The van der Waals surface area contributed by atoms with Crippen LogP contribution in [0.2, 0.25) is 0 Å². The molecule has 2 rings (SSSR count). The van der Waals surface area contributed by atoms with E-state index in [1.807, 2.05) is 51.1 Å². The molecule has 0 saturated carbocycles. The number of carbonyl (C=O) groups is 2. The molecule has 3 nitrogen and oxygen atoms in total. The predicted molar refractivity (Wildman–Crippen MR) is 76.1 cm³/mol. The van der Waals surface area contributed by atoms with Crippen LogP contribution in [0.4, 0.5) is 4.79 Å². The van der Waals surface area contributed by atoms with E-state index in [9.17, 15) is 9.59 Å². The van der Waals surface area contributed by atoms with Gasteiger partial charge in [-0.05, 0) is 29.8 Å². The molecule has 0 aromatic heterocycles. The topological polar surface area (TPSA) is 37.4 Å². The van der Waals surface area contributed by atoms with Gasteiger partial charge in [0.1, 0.15) is 0 Å². The summed E-state index contributed by atoms with van der Waals surface area (Å²) in [6.45, 7) is 5.86. The normalized spacial score (nSPS) is 17.4. The van der Waals surface area contributed by atoms with Gasteiger partial charge >= 0.3 is 0 Å². The minimum Gasteiger partial charge on any atom is -0.272 e. The van der Waals surface area contributed by atoms with Gasteiger partial charge in [-0.15, -0.1) is 0 Å². The number of benzene rings is 1. The van der Waals surface area contributed by atoms with E-state index in [1.54, 1.807) is 0 Å². The molecule has 1 aromatic rings. The fourth-order valence-corrected chi connectivity index (χ4v) is 2.38. The van der Waals surface area contributed by atoms with Crippen LogP contribution in [0.25, 0.3) is 5.57 Å². The second-order valence-electron chi connectivity index (χ2n) is 3.55. The molecule has 0 atom stereocenters. The second kappa shape index (κ2) is 6.40. The van der Waals surface area contributed by atoms with Crippen LogP contribution in [-0.2, 0) is 4.79 Å².